The number of ether oxygens (including phenoxy) is 2. The third kappa shape index (κ3) is 6.04. The van der Waals surface area contributed by atoms with E-state index in [0.29, 0.717) is 28.0 Å². The van der Waals surface area contributed by atoms with E-state index in [9.17, 15) is 9.59 Å². The summed E-state index contributed by atoms with van der Waals surface area (Å²) in [6.45, 7) is 8.90. The molecule has 0 bridgehead atoms. The van der Waals surface area contributed by atoms with Crippen LogP contribution in [0.1, 0.15) is 66.0 Å². The zero-order valence-corrected chi connectivity index (χ0v) is 24.0. The maximum atomic E-state index is 13.7. The summed E-state index contributed by atoms with van der Waals surface area (Å²) in [5.41, 5.74) is 4.55. The van der Waals surface area contributed by atoms with Gasteiger partial charge in [0.1, 0.15) is 5.00 Å². The quantitative estimate of drug-likeness (QED) is 0.329. The SMILES string of the molecule is CCc1ccccc1NC(=O)c1c(NC(=O)Cc2ccc(OC)c(OC)c2)sc2c1CCC(C(C)(C)C)C2. The van der Waals surface area contributed by atoms with E-state index in [1.807, 2.05) is 30.3 Å². The average Bonchev–Trinajstić information content (AvgIpc) is 3.25. The molecular weight excluding hydrogens is 496 g/mol. The average molecular weight is 535 g/mol. The largest absolute Gasteiger partial charge is 0.493 e. The Bertz CT molecular complexity index is 1320. The lowest BCUT2D eigenvalue weighted by Crippen LogP contribution is -2.27. The van der Waals surface area contributed by atoms with Crippen molar-refractivity contribution < 1.29 is 19.1 Å². The van der Waals surface area contributed by atoms with Crippen molar-refractivity contribution >= 4 is 33.8 Å². The maximum absolute atomic E-state index is 13.7. The standard InChI is InChI=1S/C31H38N2O4S/c1-7-20-10-8-9-11-23(20)32-29(35)28-22-14-13-21(31(2,3)4)18-26(22)38-30(28)33-27(34)17-19-12-15-24(36-5)25(16-19)37-6/h8-12,15-16,21H,7,13-14,17-18H2,1-6H3,(H,32,35)(H,33,34). The number of nitrogens with one attached hydrogen (secondary N) is 2. The minimum Gasteiger partial charge on any atom is -0.493 e. The molecule has 1 unspecified atom stereocenters. The Morgan fingerprint density at radius 2 is 1.76 bits per heavy atom. The zero-order valence-electron chi connectivity index (χ0n) is 23.2. The molecule has 38 heavy (non-hydrogen) atoms. The normalized spacial score (nSPS) is 14.9. The van der Waals surface area contributed by atoms with Crippen molar-refractivity contribution in [2.24, 2.45) is 11.3 Å². The van der Waals surface area contributed by atoms with Crippen LogP contribution in [0.4, 0.5) is 10.7 Å². The number of aryl methyl sites for hydroxylation is 1. The molecule has 1 atom stereocenters. The number of methoxy groups -OCH3 is 2. The summed E-state index contributed by atoms with van der Waals surface area (Å²) in [5, 5.41) is 6.84. The Hall–Kier alpha value is -3.32. The third-order valence-corrected chi connectivity index (χ3v) is 8.60. The van der Waals surface area contributed by atoms with Crippen LogP contribution in [0, 0.1) is 11.3 Å². The van der Waals surface area contributed by atoms with Crippen molar-refractivity contribution in [2.75, 3.05) is 24.9 Å². The first-order valence-corrected chi connectivity index (χ1v) is 14.0. The van der Waals surface area contributed by atoms with Crippen molar-refractivity contribution in [3.8, 4) is 11.5 Å². The number of carbonyl (C=O) groups is 2. The molecular formula is C31H38N2O4S. The number of amides is 2. The molecule has 6 nitrogen and oxygen atoms in total. The third-order valence-electron chi connectivity index (χ3n) is 7.43. The lowest BCUT2D eigenvalue weighted by molar-refractivity contribution is -0.115. The molecule has 2 amide bonds. The number of thiophene rings is 1. The van der Waals surface area contributed by atoms with Gasteiger partial charge in [-0.05, 0) is 71.9 Å². The fraction of sp³-hybridized carbons (Fsp3) is 0.419. The van der Waals surface area contributed by atoms with Gasteiger partial charge in [-0.25, -0.2) is 0 Å². The van der Waals surface area contributed by atoms with Gasteiger partial charge in [-0.15, -0.1) is 11.3 Å². The van der Waals surface area contributed by atoms with Crippen LogP contribution in [-0.2, 0) is 30.5 Å². The number of benzene rings is 2. The van der Waals surface area contributed by atoms with E-state index in [4.69, 9.17) is 9.47 Å². The summed E-state index contributed by atoms with van der Waals surface area (Å²) < 4.78 is 10.7. The van der Waals surface area contributed by atoms with Crippen LogP contribution >= 0.6 is 11.3 Å². The molecule has 3 aromatic rings. The monoisotopic (exact) mass is 534 g/mol. The summed E-state index contributed by atoms with van der Waals surface area (Å²) in [5.74, 6) is 1.38. The summed E-state index contributed by atoms with van der Waals surface area (Å²) >= 11 is 1.55. The van der Waals surface area contributed by atoms with Gasteiger partial charge in [-0.2, -0.15) is 0 Å². The highest BCUT2D eigenvalue weighted by atomic mass is 32.1. The number of carbonyl (C=O) groups excluding carboxylic acids is 2. The lowest BCUT2D eigenvalue weighted by atomic mass is 9.72. The molecule has 0 spiro atoms. The molecule has 202 valence electrons. The molecule has 0 radical (unpaired) electrons. The Morgan fingerprint density at radius 3 is 2.45 bits per heavy atom. The first-order valence-electron chi connectivity index (χ1n) is 13.2. The predicted molar refractivity (Wildman–Crippen MR) is 155 cm³/mol. The maximum Gasteiger partial charge on any atom is 0.258 e. The second-order valence-corrected chi connectivity index (χ2v) is 12.0. The highest BCUT2D eigenvalue weighted by Gasteiger charge is 2.34. The smallest absolute Gasteiger partial charge is 0.258 e. The number of rotatable bonds is 8. The minimum atomic E-state index is -0.175. The second-order valence-electron chi connectivity index (χ2n) is 10.9. The molecule has 1 aliphatic carbocycles. The minimum absolute atomic E-state index is 0.160. The molecule has 7 heteroatoms. The Kier molecular flexibility index (Phi) is 8.46. The number of para-hydroxylation sites is 1. The molecule has 0 aliphatic heterocycles. The number of fused-ring (bicyclic) bond motifs is 1. The van der Waals surface area contributed by atoms with E-state index in [1.165, 1.54) is 4.88 Å². The van der Waals surface area contributed by atoms with Crippen molar-refractivity contribution in [3.05, 3.63) is 69.6 Å². The second kappa shape index (κ2) is 11.6. The van der Waals surface area contributed by atoms with E-state index in [-0.39, 0.29) is 23.7 Å². The zero-order chi connectivity index (χ0) is 27.4. The van der Waals surface area contributed by atoms with Gasteiger partial charge in [0.15, 0.2) is 11.5 Å². The highest BCUT2D eigenvalue weighted by Crippen LogP contribution is 2.44. The van der Waals surface area contributed by atoms with Gasteiger partial charge in [0.25, 0.3) is 5.91 Å². The predicted octanol–water partition coefficient (Wildman–Crippen LogP) is 6.91. The van der Waals surface area contributed by atoms with Gasteiger partial charge in [0.2, 0.25) is 5.91 Å². The first-order chi connectivity index (χ1) is 18.1. The van der Waals surface area contributed by atoms with Gasteiger partial charge >= 0.3 is 0 Å². The Balaban J connectivity index is 1.63. The van der Waals surface area contributed by atoms with Gasteiger partial charge < -0.3 is 20.1 Å². The van der Waals surface area contributed by atoms with Crippen LogP contribution in [0.15, 0.2) is 42.5 Å². The molecule has 0 fully saturated rings. The summed E-state index contributed by atoms with van der Waals surface area (Å²) in [4.78, 5) is 28.1. The van der Waals surface area contributed by atoms with E-state index >= 15 is 0 Å². The molecule has 0 saturated carbocycles. The van der Waals surface area contributed by atoms with E-state index in [0.717, 1.165) is 48.1 Å². The molecule has 2 aromatic carbocycles. The molecule has 2 N–H and O–H groups in total. The van der Waals surface area contributed by atoms with Gasteiger partial charge in [-0.1, -0.05) is 52.0 Å². The Morgan fingerprint density at radius 1 is 1.03 bits per heavy atom. The summed E-state index contributed by atoms with van der Waals surface area (Å²) in [6, 6.07) is 13.3. The highest BCUT2D eigenvalue weighted by molar-refractivity contribution is 7.17. The van der Waals surface area contributed by atoms with Crippen LogP contribution in [0.2, 0.25) is 0 Å². The van der Waals surface area contributed by atoms with Crippen LogP contribution in [0.3, 0.4) is 0 Å². The molecule has 1 heterocycles. The van der Waals surface area contributed by atoms with Crippen LogP contribution in [0.5, 0.6) is 11.5 Å². The van der Waals surface area contributed by atoms with E-state index in [1.54, 1.807) is 37.7 Å². The van der Waals surface area contributed by atoms with Gasteiger partial charge in [0, 0.05) is 10.6 Å². The van der Waals surface area contributed by atoms with Gasteiger partial charge in [0.05, 0.1) is 26.2 Å². The van der Waals surface area contributed by atoms with Crippen molar-refractivity contribution in [1.29, 1.82) is 0 Å². The van der Waals surface area contributed by atoms with Gasteiger partial charge in [-0.3, -0.25) is 9.59 Å². The lowest BCUT2D eigenvalue weighted by Gasteiger charge is -2.33. The number of anilines is 2. The Labute approximate surface area is 229 Å². The fourth-order valence-corrected chi connectivity index (χ4v) is 6.48. The fourth-order valence-electron chi connectivity index (χ4n) is 5.14. The topological polar surface area (TPSA) is 76.7 Å². The summed E-state index contributed by atoms with van der Waals surface area (Å²) in [6.07, 6.45) is 3.75. The molecule has 0 saturated heterocycles. The van der Waals surface area contributed by atoms with E-state index < -0.39 is 0 Å². The molecule has 4 rings (SSSR count). The van der Waals surface area contributed by atoms with Crippen LogP contribution in [-0.4, -0.2) is 26.0 Å². The van der Waals surface area contributed by atoms with Crippen molar-refractivity contribution in [2.45, 2.75) is 59.8 Å². The first kappa shape index (κ1) is 27.7. The number of hydrogen-bond donors (Lipinski definition) is 2. The molecule has 1 aromatic heterocycles. The van der Waals surface area contributed by atoms with Crippen molar-refractivity contribution in [3.63, 3.8) is 0 Å². The van der Waals surface area contributed by atoms with E-state index in [2.05, 4.69) is 38.3 Å². The van der Waals surface area contributed by atoms with Crippen LogP contribution < -0.4 is 20.1 Å². The molecule has 1 aliphatic rings. The van der Waals surface area contributed by atoms with Crippen molar-refractivity contribution in [1.82, 2.24) is 0 Å². The summed E-state index contributed by atoms with van der Waals surface area (Å²) in [7, 11) is 3.16. The number of hydrogen-bond acceptors (Lipinski definition) is 5. The van der Waals surface area contributed by atoms with Crippen LogP contribution in [0.25, 0.3) is 0 Å².